The molecule has 0 spiro atoms. The summed E-state index contributed by atoms with van der Waals surface area (Å²) in [6, 6.07) is 12.3. The van der Waals surface area contributed by atoms with Crippen LogP contribution in [-0.2, 0) is 0 Å². The van der Waals surface area contributed by atoms with Crippen LogP contribution < -0.4 is 4.74 Å². The van der Waals surface area contributed by atoms with Crippen molar-refractivity contribution in [1.82, 2.24) is 29.9 Å². The Morgan fingerprint density at radius 2 is 1.88 bits per heavy atom. The van der Waals surface area contributed by atoms with E-state index in [0.29, 0.717) is 12.5 Å². The minimum absolute atomic E-state index is 0.0395. The van der Waals surface area contributed by atoms with Crippen molar-refractivity contribution in [3.8, 4) is 11.6 Å². The Morgan fingerprint density at radius 3 is 2.73 bits per heavy atom. The molecule has 2 aromatic carbocycles. The summed E-state index contributed by atoms with van der Waals surface area (Å²) < 4.78 is 20.7. The number of hydrogen-bond acceptors (Lipinski definition) is 6. The molecule has 8 nitrogen and oxygen atoms in total. The normalized spacial score (nSPS) is 21.6. The summed E-state index contributed by atoms with van der Waals surface area (Å²) in [5, 5.41) is 8.06. The third-order valence-electron chi connectivity index (χ3n) is 6.61. The fraction of sp³-hybridized carbons (Fsp3) is 0.292. The van der Waals surface area contributed by atoms with Gasteiger partial charge in [0.05, 0.1) is 41.8 Å². The number of aromatic nitrogens is 5. The molecular formula is C24H21FN6O2. The molecule has 0 aliphatic carbocycles. The highest BCUT2D eigenvalue weighted by Gasteiger charge is 2.49. The average Bonchev–Trinajstić information content (AvgIpc) is 3.59. The van der Waals surface area contributed by atoms with Gasteiger partial charge < -0.3 is 9.64 Å². The molecule has 9 heteroatoms. The molecule has 2 fully saturated rings. The first kappa shape index (κ1) is 19.8. The first-order chi connectivity index (χ1) is 16.2. The molecule has 4 heterocycles. The number of hydrogen-bond donors (Lipinski definition) is 0. The molecule has 2 aliphatic rings. The van der Waals surface area contributed by atoms with Gasteiger partial charge in [0.25, 0.3) is 5.91 Å². The van der Waals surface area contributed by atoms with Crippen LogP contribution in [0.2, 0.25) is 0 Å². The van der Waals surface area contributed by atoms with Gasteiger partial charge in [-0.1, -0.05) is 18.2 Å². The minimum Gasteiger partial charge on any atom is -0.476 e. The van der Waals surface area contributed by atoms with Gasteiger partial charge in [-0.15, -0.1) is 4.80 Å². The first-order valence-electron chi connectivity index (χ1n) is 11.0. The van der Waals surface area contributed by atoms with E-state index in [2.05, 4.69) is 20.2 Å². The molecule has 2 aliphatic heterocycles. The largest absolute Gasteiger partial charge is 0.476 e. The first-order valence-corrected chi connectivity index (χ1v) is 11.0. The third kappa shape index (κ3) is 3.40. The van der Waals surface area contributed by atoms with E-state index < -0.39 is 5.82 Å². The molecule has 33 heavy (non-hydrogen) atoms. The topological polar surface area (TPSA) is 86.0 Å². The summed E-state index contributed by atoms with van der Waals surface area (Å²) in [5.41, 5.74) is 1.95. The van der Waals surface area contributed by atoms with E-state index in [-0.39, 0.29) is 35.2 Å². The van der Waals surface area contributed by atoms with E-state index in [0.717, 1.165) is 30.3 Å². The van der Waals surface area contributed by atoms with Crippen molar-refractivity contribution in [3.05, 3.63) is 72.4 Å². The van der Waals surface area contributed by atoms with Gasteiger partial charge in [0, 0.05) is 18.0 Å². The quantitative estimate of drug-likeness (QED) is 0.469. The molecule has 2 saturated heterocycles. The summed E-state index contributed by atoms with van der Waals surface area (Å²) in [5.74, 6) is -0.0621. The zero-order valence-electron chi connectivity index (χ0n) is 17.7. The number of carbonyl (C=O) groups excluding carboxylic acids is 1. The van der Waals surface area contributed by atoms with Crippen molar-refractivity contribution in [2.75, 3.05) is 6.61 Å². The number of ether oxygens (including phenoxy) is 1. The highest BCUT2D eigenvalue weighted by atomic mass is 19.1. The second kappa shape index (κ2) is 7.91. The summed E-state index contributed by atoms with van der Waals surface area (Å²) in [4.78, 5) is 25.6. The van der Waals surface area contributed by atoms with Crippen LogP contribution in [0.15, 0.2) is 61.1 Å². The zero-order chi connectivity index (χ0) is 22.4. The van der Waals surface area contributed by atoms with Gasteiger partial charge in [0.2, 0.25) is 5.88 Å². The lowest BCUT2D eigenvalue weighted by atomic mass is 9.90. The van der Waals surface area contributed by atoms with Gasteiger partial charge in [0.15, 0.2) is 5.82 Å². The molecule has 2 bridgehead atoms. The summed E-state index contributed by atoms with van der Waals surface area (Å²) in [7, 11) is 0. The Kier molecular flexibility index (Phi) is 4.74. The van der Waals surface area contributed by atoms with Crippen LogP contribution >= 0.6 is 0 Å². The molecule has 4 aromatic rings. The van der Waals surface area contributed by atoms with Gasteiger partial charge in [-0.3, -0.25) is 4.79 Å². The molecule has 3 unspecified atom stereocenters. The van der Waals surface area contributed by atoms with Crippen LogP contribution in [0.4, 0.5) is 4.39 Å². The Morgan fingerprint density at radius 1 is 1.06 bits per heavy atom. The second-order valence-electron chi connectivity index (χ2n) is 8.47. The lowest BCUT2D eigenvalue weighted by Crippen LogP contribution is -2.38. The number of amides is 1. The molecule has 0 radical (unpaired) electrons. The van der Waals surface area contributed by atoms with Crippen LogP contribution in [0.5, 0.6) is 5.88 Å². The van der Waals surface area contributed by atoms with Crippen molar-refractivity contribution < 1.29 is 13.9 Å². The standard InChI is InChI=1S/C24H21FN6O2/c25-18-5-3-4-17(23(18)31-27-10-11-28-31)24(32)30-16-8-9-21(30)15(12-16)14-33-22-13-26-19-6-1-2-7-20(19)29-22/h1-7,10-11,13,15-16,21H,8-9,12,14H2. The Bertz CT molecular complexity index is 1330. The molecule has 2 aromatic heterocycles. The molecule has 166 valence electrons. The van der Waals surface area contributed by atoms with E-state index in [1.165, 1.54) is 23.3 Å². The van der Waals surface area contributed by atoms with Crippen molar-refractivity contribution in [1.29, 1.82) is 0 Å². The highest BCUT2D eigenvalue weighted by Crippen LogP contribution is 2.43. The van der Waals surface area contributed by atoms with Crippen LogP contribution in [0.1, 0.15) is 29.6 Å². The van der Waals surface area contributed by atoms with Crippen molar-refractivity contribution in [2.24, 2.45) is 5.92 Å². The SMILES string of the molecule is O=C(c1cccc(F)c1-n1nccn1)N1C2CCC1C(COc1cnc3ccccc3n1)C2. The summed E-state index contributed by atoms with van der Waals surface area (Å²) in [6.07, 6.45) is 7.25. The Labute approximate surface area is 189 Å². The monoisotopic (exact) mass is 444 g/mol. The predicted octanol–water partition coefficient (Wildman–Crippen LogP) is 3.42. The van der Waals surface area contributed by atoms with Crippen LogP contribution in [0.25, 0.3) is 16.7 Å². The molecule has 0 N–H and O–H groups in total. The number of nitrogens with zero attached hydrogens (tertiary/aromatic N) is 6. The van der Waals surface area contributed by atoms with E-state index in [1.54, 1.807) is 18.3 Å². The van der Waals surface area contributed by atoms with E-state index in [4.69, 9.17) is 4.74 Å². The lowest BCUT2D eigenvalue weighted by molar-refractivity contribution is 0.0709. The predicted molar refractivity (Wildman–Crippen MR) is 117 cm³/mol. The number of para-hydroxylation sites is 3. The number of fused-ring (bicyclic) bond motifs is 3. The van der Waals surface area contributed by atoms with Gasteiger partial charge in [-0.05, 0) is 43.5 Å². The van der Waals surface area contributed by atoms with E-state index in [9.17, 15) is 9.18 Å². The van der Waals surface area contributed by atoms with E-state index >= 15 is 0 Å². The van der Waals surface area contributed by atoms with Crippen molar-refractivity contribution in [3.63, 3.8) is 0 Å². The molecule has 3 atom stereocenters. The molecule has 6 rings (SSSR count). The average molecular weight is 444 g/mol. The maximum atomic E-state index is 14.7. The number of halogens is 1. The number of benzene rings is 2. The lowest BCUT2D eigenvalue weighted by Gasteiger charge is -2.25. The van der Waals surface area contributed by atoms with Crippen LogP contribution in [-0.4, -0.2) is 54.5 Å². The summed E-state index contributed by atoms with van der Waals surface area (Å²) >= 11 is 0. The van der Waals surface area contributed by atoms with Gasteiger partial charge in [-0.2, -0.15) is 10.2 Å². The second-order valence-corrected chi connectivity index (χ2v) is 8.47. The smallest absolute Gasteiger partial charge is 0.256 e. The van der Waals surface area contributed by atoms with E-state index in [1.807, 2.05) is 29.2 Å². The molecular weight excluding hydrogens is 423 g/mol. The van der Waals surface area contributed by atoms with Gasteiger partial charge >= 0.3 is 0 Å². The van der Waals surface area contributed by atoms with Crippen molar-refractivity contribution >= 4 is 16.9 Å². The Hall–Kier alpha value is -3.88. The maximum absolute atomic E-state index is 14.7. The van der Waals surface area contributed by atoms with Gasteiger partial charge in [0.1, 0.15) is 5.69 Å². The maximum Gasteiger partial charge on any atom is 0.256 e. The fourth-order valence-corrected chi connectivity index (χ4v) is 5.17. The zero-order valence-corrected chi connectivity index (χ0v) is 17.7. The number of carbonyl (C=O) groups is 1. The van der Waals surface area contributed by atoms with Crippen LogP contribution in [0, 0.1) is 11.7 Å². The van der Waals surface area contributed by atoms with Gasteiger partial charge in [-0.25, -0.2) is 14.4 Å². The molecule has 1 amide bonds. The third-order valence-corrected chi connectivity index (χ3v) is 6.61. The molecule has 0 saturated carbocycles. The minimum atomic E-state index is -0.529. The summed E-state index contributed by atoms with van der Waals surface area (Å²) in [6.45, 7) is 0.453. The van der Waals surface area contributed by atoms with Crippen LogP contribution in [0.3, 0.4) is 0 Å². The number of rotatable bonds is 5. The van der Waals surface area contributed by atoms with Crippen molar-refractivity contribution in [2.45, 2.75) is 31.3 Å². The highest BCUT2D eigenvalue weighted by molar-refractivity contribution is 5.98. The Balaban J connectivity index is 1.22. The fourth-order valence-electron chi connectivity index (χ4n) is 5.17.